The Bertz CT molecular complexity index is 677. The quantitative estimate of drug-likeness (QED) is 0.747. The number of nitrogens with zero attached hydrogens (tertiary/aromatic N) is 1. The van der Waals surface area contributed by atoms with Crippen LogP contribution in [0.1, 0.15) is 25.7 Å². The van der Waals surface area contributed by atoms with Crippen molar-refractivity contribution in [2.75, 3.05) is 24.2 Å². The molecule has 6 heteroatoms. The van der Waals surface area contributed by atoms with Crippen LogP contribution in [0.5, 0.6) is 0 Å². The van der Waals surface area contributed by atoms with E-state index in [1.54, 1.807) is 18.2 Å². The summed E-state index contributed by atoms with van der Waals surface area (Å²) in [6.07, 6.45) is 4.74. The molecule has 4 N–H and O–H groups in total. The second-order valence-corrected chi connectivity index (χ2v) is 5.40. The zero-order valence-electron chi connectivity index (χ0n) is 11.9. The van der Waals surface area contributed by atoms with Crippen molar-refractivity contribution in [3.05, 3.63) is 28.6 Å². The van der Waals surface area contributed by atoms with E-state index in [4.69, 9.17) is 10.5 Å². The lowest BCUT2D eigenvalue weighted by atomic mass is 10.1. The highest BCUT2D eigenvalue weighted by molar-refractivity contribution is 5.81. The molecule has 1 aromatic carbocycles. The number of aromatic nitrogens is 2. The third kappa shape index (κ3) is 3.33. The molecule has 1 unspecified atom stereocenters. The lowest BCUT2D eigenvalue weighted by Gasteiger charge is -2.22. The highest BCUT2D eigenvalue weighted by Gasteiger charge is 2.13. The number of aromatic amines is 1. The van der Waals surface area contributed by atoms with Gasteiger partial charge in [0.1, 0.15) is 0 Å². The largest absolute Gasteiger partial charge is 0.399 e. The minimum Gasteiger partial charge on any atom is -0.399 e. The predicted octanol–water partition coefficient (Wildman–Crippen LogP) is 1.88. The predicted molar refractivity (Wildman–Crippen MR) is 83.5 cm³/mol. The Labute approximate surface area is 122 Å². The van der Waals surface area contributed by atoms with Crippen molar-refractivity contribution in [3.63, 3.8) is 0 Å². The smallest absolute Gasteiger partial charge is 0.260 e. The minimum atomic E-state index is -0.177. The monoisotopic (exact) mass is 288 g/mol. The molecule has 0 spiro atoms. The molecule has 3 rings (SSSR count). The summed E-state index contributed by atoms with van der Waals surface area (Å²) >= 11 is 0. The van der Waals surface area contributed by atoms with Crippen molar-refractivity contribution in [1.29, 1.82) is 0 Å². The van der Waals surface area contributed by atoms with Crippen LogP contribution < -0.4 is 16.6 Å². The average Bonchev–Trinajstić information content (AvgIpc) is 2.49. The summed E-state index contributed by atoms with van der Waals surface area (Å²) in [4.78, 5) is 19.1. The van der Waals surface area contributed by atoms with Gasteiger partial charge in [-0.1, -0.05) is 0 Å². The van der Waals surface area contributed by atoms with E-state index in [1.807, 2.05) is 0 Å². The van der Waals surface area contributed by atoms with Gasteiger partial charge >= 0.3 is 0 Å². The van der Waals surface area contributed by atoms with Gasteiger partial charge in [0.2, 0.25) is 5.95 Å². The number of rotatable bonds is 4. The van der Waals surface area contributed by atoms with Crippen molar-refractivity contribution in [3.8, 4) is 0 Å². The van der Waals surface area contributed by atoms with E-state index in [9.17, 15) is 4.79 Å². The van der Waals surface area contributed by atoms with Gasteiger partial charge in [-0.3, -0.25) is 9.78 Å². The molecule has 1 aliphatic heterocycles. The van der Waals surface area contributed by atoms with Crippen LogP contribution in [0.3, 0.4) is 0 Å². The van der Waals surface area contributed by atoms with Crippen LogP contribution in [0.4, 0.5) is 11.6 Å². The summed E-state index contributed by atoms with van der Waals surface area (Å²) in [6.45, 7) is 1.59. The molecule has 0 amide bonds. The summed E-state index contributed by atoms with van der Waals surface area (Å²) in [6, 6.07) is 5.14. The fraction of sp³-hybridized carbons (Fsp3) is 0.467. The Kier molecular flexibility index (Phi) is 4.06. The molecule has 1 fully saturated rings. The van der Waals surface area contributed by atoms with Crippen LogP contribution in [0.25, 0.3) is 10.9 Å². The van der Waals surface area contributed by atoms with Crippen LogP contribution in [-0.2, 0) is 4.74 Å². The number of H-pyrrole nitrogens is 1. The Balaban J connectivity index is 1.67. The van der Waals surface area contributed by atoms with Gasteiger partial charge in [0, 0.05) is 18.8 Å². The number of hydrogen-bond acceptors (Lipinski definition) is 5. The third-order valence-corrected chi connectivity index (χ3v) is 3.76. The molecule has 21 heavy (non-hydrogen) atoms. The summed E-state index contributed by atoms with van der Waals surface area (Å²) in [5.41, 5.74) is 6.71. The van der Waals surface area contributed by atoms with E-state index in [2.05, 4.69) is 15.3 Å². The van der Waals surface area contributed by atoms with E-state index in [1.165, 1.54) is 6.42 Å². The van der Waals surface area contributed by atoms with Gasteiger partial charge in [-0.05, 0) is 43.9 Å². The second-order valence-electron chi connectivity index (χ2n) is 5.40. The average molecular weight is 288 g/mol. The first-order valence-corrected chi connectivity index (χ1v) is 7.37. The van der Waals surface area contributed by atoms with Crippen molar-refractivity contribution in [2.45, 2.75) is 31.8 Å². The maximum absolute atomic E-state index is 12.0. The number of hydrogen-bond donors (Lipinski definition) is 3. The molecular weight excluding hydrogens is 268 g/mol. The maximum Gasteiger partial charge on any atom is 0.260 e. The number of benzene rings is 1. The van der Waals surface area contributed by atoms with Crippen molar-refractivity contribution < 1.29 is 4.74 Å². The normalized spacial score (nSPS) is 18.8. The Morgan fingerprint density at radius 3 is 3.14 bits per heavy atom. The molecule has 1 aliphatic rings. The number of nitrogens with one attached hydrogen (secondary N) is 2. The van der Waals surface area contributed by atoms with Crippen LogP contribution in [-0.4, -0.2) is 29.2 Å². The van der Waals surface area contributed by atoms with Crippen LogP contribution in [0.15, 0.2) is 23.0 Å². The summed E-state index contributed by atoms with van der Waals surface area (Å²) in [5.74, 6) is 0.494. The molecule has 0 saturated carbocycles. The second kappa shape index (κ2) is 6.13. The molecule has 2 aromatic rings. The number of nitrogens with two attached hydrogens (primary N) is 1. The van der Waals surface area contributed by atoms with Crippen LogP contribution in [0.2, 0.25) is 0 Å². The molecule has 1 aromatic heterocycles. The molecule has 2 heterocycles. The molecule has 1 atom stereocenters. The molecule has 112 valence electrons. The standard InChI is InChI=1S/C15H20N4O2/c16-10-4-5-13-12(9-10)14(20)19-15(18-13)17-7-6-11-3-1-2-8-21-11/h4-5,9,11H,1-3,6-8,16H2,(H2,17,18,19,20). The van der Waals surface area contributed by atoms with Gasteiger partial charge in [0.05, 0.1) is 17.0 Å². The van der Waals surface area contributed by atoms with Crippen LogP contribution >= 0.6 is 0 Å². The van der Waals surface area contributed by atoms with Crippen molar-refractivity contribution in [1.82, 2.24) is 9.97 Å². The first-order chi connectivity index (χ1) is 10.2. The Morgan fingerprint density at radius 2 is 2.33 bits per heavy atom. The van der Waals surface area contributed by atoms with E-state index in [0.29, 0.717) is 28.6 Å². The highest BCUT2D eigenvalue weighted by atomic mass is 16.5. The van der Waals surface area contributed by atoms with E-state index < -0.39 is 0 Å². The van der Waals surface area contributed by atoms with Crippen molar-refractivity contribution >= 4 is 22.5 Å². The molecule has 6 nitrogen and oxygen atoms in total. The number of fused-ring (bicyclic) bond motifs is 1. The zero-order valence-corrected chi connectivity index (χ0v) is 11.9. The van der Waals surface area contributed by atoms with E-state index in [0.717, 1.165) is 32.4 Å². The van der Waals surface area contributed by atoms with E-state index >= 15 is 0 Å². The number of nitrogen functional groups attached to an aromatic ring is 1. The maximum atomic E-state index is 12.0. The SMILES string of the molecule is Nc1ccc2nc(NCCC3CCCCO3)[nH]c(=O)c2c1. The summed E-state index contributed by atoms with van der Waals surface area (Å²) in [5, 5.41) is 3.67. The Morgan fingerprint density at radius 1 is 1.43 bits per heavy atom. The zero-order chi connectivity index (χ0) is 14.7. The van der Waals surface area contributed by atoms with Gasteiger partial charge in [-0.25, -0.2) is 4.98 Å². The van der Waals surface area contributed by atoms with Crippen molar-refractivity contribution in [2.24, 2.45) is 0 Å². The number of ether oxygens (including phenoxy) is 1. The van der Waals surface area contributed by atoms with Gasteiger partial charge in [-0.15, -0.1) is 0 Å². The fourth-order valence-electron chi connectivity index (χ4n) is 2.63. The van der Waals surface area contributed by atoms with Gasteiger partial charge in [0.15, 0.2) is 0 Å². The van der Waals surface area contributed by atoms with E-state index in [-0.39, 0.29) is 5.56 Å². The summed E-state index contributed by atoms with van der Waals surface area (Å²) in [7, 11) is 0. The summed E-state index contributed by atoms with van der Waals surface area (Å²) < 4.78 is 5.68. The number of anilines is 2. The molecule has 1 saturated heterocycles. The highest BCUT2D eigenvalue weighted by Crippen LogP contribution is 2.16. The first-order valence-electron chi connectivity index (χ1n) is 7.37. The van der Waals surface area contributed by atoms with Gasteiger partial charge in [0.25, 0.3) is 5.56 Å². The fourth-order valence-corrected chi connectivity index (χ4v) is 2.63. The van der Waals surface area contributed by atoms with Crippen LogP contribution in [0, 0.1) is 0 Å². The van der Waals surface area contributed by atoms with Gasteiger partial charge < -0.3 is 15.8 Å². The third-order valence-electron chi connectivity index (χ3n) is 3.76. The molecular formula is C15H20N4O2. The van der Waals surface area contributed by atoms with Gasteiger partial charge in [-0.2, -0.15) is 0 Å². The lowest BCUT2D eigenvalue weighted by molar-refractivity contribution is 0.0134. The molecule has 0 bridgehead atoms. The minimum absolute atomic E-state index is 0.177. The Hall–Kier alpha value is -2.08. The topological polar surface area (TPSA) is 93.0 Å². The molecule has 0 radical (unpaired) electrons. The molecule has 0 aliphatic carbocycles. The lowest BCUT2D eigenvalue weighted by Crippen LogP contribution is -2.23. The first kappa shape index (κ1) is 13.9.